The molecule has 0 atom stereocenters. The molecule has 6 nitrogen and oxygen atoms in total. The second-order valence-corrected chi connectivity index (χ2v) is 6.57. The Kier molecular flexibility index (Phi) is 4.70. The molecule has 114 valence electrons. The molecule has 0 amide bonds. The molecule has 22 heavy (non-hydrogen) atoms. The van der Waals surface area contributed by atoms with Gasteiger partial charge < -0.3 is 4.42 Å². The Labute approximate surface area is 139 Å². The van der Waals surface area contributed by atoms with Crippen LogP contribution in [-0.2, 0) is 11.5 Å². The Hall–Kier alpha value is -1.51. The molecular formula is C13H11ClN4O2S2. The van der Waals surface area contributed by atoms with Crippen LogP contribution in [0.2, 0.25) is 5.02 Å². The first kappa shape index (κ1) is 15.4. The van der Waals surface area contributed by atoms with Gasteiger partial charge in [-0.2, -0.15) is 11.8 Å². The number of fused-ring (bicyclic) bond motifs is 1. The van der Waals surface area contributed by atoms with Gasteiger partial charge in [0.25, 0.3) is 10.8 Å². The largest absolute Gasteiger partial charge is 0.415 e. The van der Waals surface area contributed by atoms with Crippen LogP contribution in [0.25, 0.3) is 5.65 Å². The minimum atomic E-state index is -0.170. The molecule has 3 aromatic heterocycles. The van der Waals surface area contributed by atoms with Crippen LogP contribution in [0.1, 0.15) is 11.6 Å². The summed E-state index contributed by atoms with van der Waals surface area (Å²) in [6.45, 7) is 0. The van der Waals surface area contributed by atoms with Crippen LogP contribution < -0.4 is 5.56 Å². The Morgan fingerprint density at radius 3 is 3.00 bits per heavy atom. The van der Waals surface area contributed by atoms with E-state index in [2.05, 4.69) is 15.2 Å². The predicted octanol–water partition coefficient (Wildman–Crippen LogP) is 2.89. The molecule has 0 aliphatic rings. The molecule has 9 heteroatoms. The lowest BCUT2D eigenvalue weighted by Gasteiger charge is -2.03. The molecule has 3 heterocycles. The maximum absolute atomic E-state index is 12.1. The summed E-state index contributed by atoms with van der Waals surface area (Å²) >= 11 is 8.85. The Morgan fingerprint density at radius 1 is 1.32 bits per heavy atom. The number of nitrogens with zero attached hydrogens (tertiary/aromatic N) is 4. The van der Waals surface area contributed by atoms with E-state index in [1.165, 1.54) is 22.2 Å². The van der Waals surface area contributed by atoms with E-state index in [1.54, 1.807) is 30.1 Å². The second-order valence-electron chi connectivity index (χ2n) is 4.34. The second kappa shape index (κ2) is 6.72. The first-order valence-corrected chi connectivity index (χ1v) is 9.03. The van der Waals surface area contributed by atoms with Crippen molar-refractivity contribution < 1.29 is 4.42 Å². The van der Waals surface area contributed by atoms with Crippen molar-refractivity contribution in [2.75, 3.05) is 6.26 Å². The van der Waals surface area contributed by atoms with Crippen molar-refractivity contribution in [2.24, 2.45) is 0 Å². The van der Waals surface area contributed by atoms with Crippen LogP contribution in [0.4, 0.5) is 0 Å². The van der Waals surface area contributed by atoms with Crippen molar-refractivity contribution in [3.63, 3.8) is 0 Å². The third kappa shape index (κ3) is 3.45. The maximum Gasteiger partial charge on any atom is 0.276 e. The van der Waals surface area contributed by atoms with Gasteiger partial charge in [0.2, 0.25) is 5.89 Å². The number of halogens is 1. The molecule has 0 unspecified atom stereocenters. The van der Waals surface area contributed by atoms with Crippen LogP contribution in [0.15, 0.2) is 38.8 Å². The molecule has 3 rings (SSSR count). The molecule has 0 saturated heterocycles. The third-order valence-electron chi connectivity index (χ3n) is 2.74. The summed E-state index contributed by atoms with van der Waals surface area (Å²) in [6.07, 6.45) is 3.52. The number of pyridine rings is 1. The van der Waals surface area contributed by atoms with Crippen molar-refractivity contribution in [1.82, 2.24) is 19.6 Å². The summed E-state index contributed by atoms with van der Waals surface area (Å²) in [5.41, 5.74) is 1.04. The lowest BCUT2D eigenvalue weighted by atomic mass is 10.4. The number of thioether (sulfide) groups is 2. The van der Waals surface area contributed by atoms with Gasteiger partial charge in [-0.25, -0.2) is 4.98 Å². The Bertz CT molecular complexity index is 865. The SMILES string of the molecule is CSCc1nnc(SCc2cc(=O)n3cc(Cl)ccc3n2)o1. The van der Waals surface area contributed by atoms with Crippen molar-refractivity contribution >= 4 is 40.8 Å². The van der Waals surface area contributed by atoms with Crippen LogP contribution in [0, 0.1) is 0 Å². The van der Waals surface area contributed by atoms with E-state index in [0.29, 0.717) is 39.0 Å². The van der Waals surface area contributed by atoms with Gasteiger partial charge in [-0.05, 0) is 18.4 Å². The van der Waals surface area contributed by atoms with E-state index in [9.17, 15) is 4.79 Å². The van der Waals surface area contributed by atoms with Crippen molar-refractivity contribution in [3.05, 3.63) is 51.4 Å². The third-order valence-corrected chi connectivity index (χ3v) is 4.35. The number of hydrogen-bond acceptors (Lipinski definition) is 7. The molecule has 0 saturated carbocycles. The smallest absolute Gasteiger partial charge is 0.276 e. The number of aromatic nitrogens is 4. The molecule has 0 aliphatic heterocycles. The van der Waals surface area contributed by atoms with Gasteiger partial charge in [0.05, 0.1) is 16.5 Å². The van der Waals surface area contributed by atoms with Gasteiger partial charge >= 0.3 is 0 Å². The fraction of sp³-hybridized carbons (Fsp3) is 0.231. The standard InChI is InChI=1S/C13H11ClN4O2S2/c1-21-7-11-16-17-13(20-11)22-6-9-4-12(19)18-5-8(14)2-3-10(18)15-9/h2-5H,6-7H2,1H3. The maximum atomic E-state index is 12.1. The highest BCUT2D eigenvalue weighted by Crippen LogP contribution is 2.21. The molecule has 0 aromatic carbocycles. The highest BCUT2D eigenvalue weighted by molar-refractivity contribution is 7.98. The summed E-state index contributed by atoms with van der Waals surface area (Å²) in [5.74, 6) is 1.76. The average molecular weight is 355 g/mol. The first-order valence-electron chi connectivity index (χ1n) is 6.27. The van der Waals surface area contributed by atoms with Gasteiger partial charge in [0, 0.05) is 18.0 Å². The fourth-order valence-corrected chi connectivity index (χ4v) is 3.01. The molecule has 0 spiro atoms. The monoisotopic (exact) mass is 354 g/mol. The van der Waals surface area contributed by atoms with Crippen LogP contribution in [0.5, 0.6) is 0 Å². The Balaban J connectivity index is 1.78. The van der Waals surface area contributed by atoms with E-state index < -0.39 is 0 Å². The van der Waals surface area contributed by atoms with E-state index >= 15 is 0 Å². The van der Waals surface area contributed by atoms with Gasteiger partial charge in [-0.1, -0.05) is 23.4 Å². The summed E-state index contributed by atoms with van der Waals surface area (Å²) in [5, 5.41) is 8.85. The molecule has 3 aromatic rings. The highest BCUT2D eigenvalue weighted by atomic mass is 35.5. The summed E-state index contributed by atoms with van der Waals surface area (Å²) in [7, 11) is 0. The minimum absolute atomic E-state index is 0.170. The summed E-state index contributed by atoms with van der Waals surface area (Å²) in [6, 6.07) is 4.89. The Morgan fingerprint density at radius 2 is 2.18 bits per heavy atom. The molecule has 0 aliphatic carbocycles. The molecule has 0 fully saturated rings. The zero-order valence-corrected chi connectivity index (χ0v) is 13.9. The van der Waals surface area contributed by atoms with Gasteiger partial charge in [0.15, 0.2) is 0 Å². The van der Waals surface area contributed by atoms with Gasteiger partial charge in [-0.3, -0.25) is 9.20 Å². The topological polar surface area (TPSA) is 73.3 Å². The average Bonchev–Trinajstić information content (AvgIpc) is 2.94. The van der Waals surface area contributed by atoms with E-state index in [4.69, 9.17) is 16.0 Å². The number of hydrogen-bond donors (Lipinski definition) is 0. The van der Waals surface area contributed by atoms with E-state index in [0.717, 1.165) is 0 Å². The summed E-state index contributed by atoms with van der Waals surface area (Å²) in [4.78, 5) is 16.5. The molecule has 0 radical (unpaired) electrons. The minimum Gasteiger partial charge on any atom is -0.415 e. The van der Waals surface area contributed by atoms with Crippen molar-refractivity contribution in [2.45, 2.75) is 16.7 Å². The molecule has 0 bridgehead atoms. The van der Waals surface area contributed by atoms with Crippen LogP contribution in [0.3, 0.4) is 0 Å². The first-order chi connectivity index (χ1) is 10.7. The van der Waals surface area contributed by atoms with Crippen LogP contribution >= 0.6 is 35.1 Å². The zero-order chi connectivity index (χ0) is 15.5. The fourth-order valence-electron chi connectivity index (χ4n) is 1.81. The molecular weight excluding hydrogens is 344 g/mol. The quantitative estimate of drug-likeness (QED) is 0.652. The summed E-state index contributed by atoms with van der Waals surface area (Å²) < 4.78 is 6.89. The molecule has 0 N–H and O–H groups in total. The van der Waals surface area contributed by atoms with Crippen LogP contribution in [-0.4, -0.2) is 25.8 Å². The van der Waals surface area contributed by atoms with Crippen molar-refractivity contribution in [3.8, 4) is 0 Å². The zero-order valence-electron chi connectivity index (χ0n) is 11.5. The van der Waals surface area contributed by atoms with Gasteiger partial charge in [-0.15, -0.1) is 10.2 Å². The van der Waals surface area contributed by atoms with E-state index in [-0.39, 0.29) is 5.56 Å². The van der Waals surface area contributed by atoms with Crippen molar-refractivity contribution in [1.29, 1.82) is 0 Å². The highest BCUT2D eigenvalue weighted by Gasteiger charge is 2.08. The lowest BCUT2D eigenvalue weighted by Crippen LogP contribution is -2.15. The normalized spacial score (nSPS) is 11.2. The van der Waals surface area contributed by atoms with E-state index in [1.807, 2.05) is 6.26 Å². The van der Waals surface area contributed by atoms with Gasteiger partial charge in [0.1, 0.15) is 5.65 Å². The number of rotatable bonds is 5. The lowest BCUT2D eigenvalue weighted by molar-refractivity contribution is 0.426. The predicted molar refractivity (Wildman–Crippen MR) is 87.6 cm³/mol.